The van der Waals surface area contributed by atoms with Crippen LogP contribution >= 0.6 is 0 Å². The zero-order valence-electron chi connectivity index (χ0n) is 25.7. The van der Waals surface area contributed by atoms with Gasteiger partial charge in [0.15, 0.2) is 18.1 Å². The average molecular weight is 576 g/mol. The van der Waals surface area contributed by atoms with Crippen LogP contribution in [-0.4, -0.2) is 39.5 Å². The molecule has 0 N–H and O–H groups in total. The molecule has 0 saturated carbocycles. The lowest BCUT2D eigenvalue weighted by molar-refractivity contribution is -0.145. The van der Waals surface area contributed by atoms with Crippen molar-refractivity contribution in [2.75, 3.05) is 38.4 Å². The van der Waals surface area contributed by atoms with Crippen molar-refractivity contribution in [1.29, 1.82) is 0 Å². The minimum absolute atomic E-state index is 0.126. The topological polar surface area (TPSA) is 66.5 Å². The molecule has 0 aromatic heterocycles. The van der Waals surface area contributed by atoms with Crippen molar-refractivity contribution in [1.82, 2.24) is 0 Å². The van der Waals surface area contributed by atoms with Gasteiger partial charge in [0.1, 0.15) is 11.5 Å². The third-order valence-corrected chi connectivity index (χ3v) is 7.60. The SMILES string of the molecule is CCCCOc1ccc(C2C(C)c3cc(OCCCC)ccc3N2Cc2ccc(OCC(=O)OCC)c(OC)c2)cc1. The fourth-order valence-corrected chi connectivity index (χ4v) is 5.39. The summed E-state index contributed by atoms with van der Waals surface area (Å²) in [5, 5.41) is 0. The maximum Gasteiger partial charge on any atom is 0.344 e. The van der Waals surface area contributed by atoms with E-state index in [-0.39, 0.29) is 18.6 Å². The molecule has 226 valence electrons. The molecule has 0 aliphatic carbocycles. The van der Waals surface area contributed by atoms with E-state index in [2.05, 4.69) is 68.1 Å². The van der Waals surface area contributed by atoms with Gasteiger partial charge >= 0.3 is 5.97 Å². The predicted molar refractivity (Wildman–Crippen MR) is 166 cm³/mol. The van der Waals surface area contributed by atoms with Gasteiger partial charge in [0.2, 0.25) is 0 Å². The van der Waals surface area contributed by atoms with E-state index < -0.39 is 5.97 Å². The van der Waals surface area contributed by atoms with Gasteiger partial charge in [-0.05, 0) is 78.9 Å². The molecule has 0 amide bonds. The summed E-state index contributed by atoms with van der Waals surface area (Å²) in [6, 6.07) is 21.0. The Morgan fingerprint density at radius 1 is 0.810 bits per heavy atom. The highest BCUT2D eigenvalue weighted by Gasteiger charge is 2.37. The number of carbonyl (C=O) groups excluding carboxylic acids is 1. The first-order chi connectivity index (χ1) is 20.5. The molecule has 7 nitrogen and oxygen atoms in total. The van der Waals surface area contributed by atoms with E-state index in [1.165, 1.54) is 16.8 Å². The average Bonchev–Trinajstić information content (AvgIpc) is 3.27. The van der Waals surface area contributed by atoms with Crippen LogP contribution in [-0.2, 0) is 16.1 Å². The number of hydrogen-bond donors (Lipinski definition) is 0. The second-order valence-corrected chi connectivity index (χ2v) is 10.6. The standard InChI is InChI=1S/C35H45NO6/c1-6-9-19-40-28-14-12-27(13-15-28)35-25(4)30-22-29(41-20-10-7-2)16-17-31(30)36(35)23-26-11-18-32(33(21-26)38-5)42-24-34(37)39-8-3/h11-18,21-22,25,35H,6-10,19-20,23-24H2,1-5H3. The number of ether oxygens (including phenoxy) is 5. The van der Waals surface area contributed by atoms with Crippen LogP contribution in [0.3, 0.4) is 0 Å². The second kappa shape index (κ2) is 15.4. The molecule has 0 spiro atoms. The number of nitrogens with zero attached hydrogens (tertiary/aromatic N) is 1. The molecule has 0 bridgehead atoms. The fraction of sp³-hybridized carbons (Fsp3) is 0.457. The number of unbranched alkanes of at least 4 members (excludes halogenated alkanes) is 2. The van der Waals surface area contributed by atoms with Crippen LogP contribution in [0, 0.1) is 0 Å². The second-order valence-electron chi connectivity index (χ2n) is 10.6. The first-order valence-electron chi connectivity index (χ1n) is 15.2. The molecule has 1 aliphatic rings. The molecular weight excluding hydrogens is 530 g/mol. The first-order valence-corrected chi connectivity index (χ1v) is 15.2. The minimum Gasteiger partial charge on any atom is -0.494 e. The number of fused-ring (bicyclic) bond motifs is 1. The van der Waals surface area contributed by atoms with Crippen molar-refractivity contribution in [3.05, 3.63) is 77.4 Å². The van der Waals surface area contributed by atoms with E-state index in [4.69, 9.17) is 23.7 Å². The summed E-state index contributed by atoms with van der Waals surface area (Å²) in [7, 11) is 1.61. The summed E-state index contributed by atoms with van der Waals surface area (Å²) in [5.74, 6) is 2.74. The molecule has 42 heavy (non-hydrogen) atoms. The molecule has 0 fully saturated rings. The van der Waals surface area contributed by atoms with Gasteiger partial charge in [0.25, 0.3) is 0 Å². The first kappa shape index (κ1) is 31.1. The molecule has 0 radical (unpaired) electrons. The maximum atomic E-state index is 11.8. The molecule has 3 aromatic carbocycles. The highest BCUT2D eigenvalue weighted by molar-refractivity contribution is 5.71. The number of anilines is 1. The summed E-state index contributed by atoms with van der Waals surface area (Å²) >= 11 is 0. The summed E-state index contributed by atoms with van der Waals surface area (Å²) in [6.07, 6.45) is 4.29. The van der Waals surface area contributed by atoms with Crippen molar-refractivity contribution in [2.45, 2.75) is 71.9 Å². The van der Waals surface area contributed by atoms with Crippen LogP contribution < -0.4 is 23.8 Å². The number of carbonyl (C=O) groups is 1. The van der Waals surface area contributed by atoms with Crippen molar-refractivity contribution in [2.24, 2.45) is 0 Å². The Morgan fingerprint density at radius 3 is 2.17 bits per heavy atom. The molecular formula is C35H45NO6. The van der Waals surface area contributed by atoms with Gasteiger partial charge in [0, 0.05) is 18.2 Å². The summed E-state index contributed by atoms with van der Waals surface area (Å²) < 4.78 is 28.3. The van der Waals surface area contributed by atoms with Crippen molar-refractivity contribution < 1.29 is 28.5 Å². The summed E-state index contributed by atoms with van der Waals surface area (Å²) in [4.78, 5) is 14.3. The fourth-order valence-electron chi connectivity index (χ4n) is 5.39. The van der Waals surface area contributed by atoms with Gasteiger partial charge in [-0.15, -0.1) is 0 Å². The van der Waals surface area contributed by atoms with E-state index >= 15 is 0 Å². The Morgan fingerprint density at radius 2 is 1.50 bits per heavy atom. The molecule has 7 heteroatoms. The van der Waals surface area contributed by atoms with Crippen molar-refractivity contribution in [3.63, 3.8) is 0 Å². The van der Waals surface area contributed by atoms with E-state index in [0.29, 0.717) is 24.7 Å². The quantitative estimate of drug-likeness (QED) is 0.127. The highest BCUT2D eigenvalue weighted by atomic mass is 16.6. The Kier molecular flexibility index (Phi) is 11.4. The minimum atomic E-state index is -0.408. The van der Waals surface area contributed by atoms with Crippen LogP contribution in [0.15, 0.2) is 60.7 Å². The van der Waals surface area contributed by atoms with Gasteiger partial charge in [-0.3, -0.25) is 0 Å². The number of benzene rings is 3. The van der Waals surface area contributed by atoms with Crippen LogP contribution in [0.4, 0.5) is 5.69 Å². The Labute approximate surface area is 250 Å². The van der Waals surface area contributed by atoms with Crippen LogP contribution in [0.2, 0.25) is 0 Å². The van der Waals surface area contributed by atoms with Gasteiger partial charge < -0.3 is 28.6 Å². The Hall–Kier alpha value is -3.87. The summed E-state index contributed by atoms with van der Waals surface area (Å²) in [5.41, 5.74) is 4.78. The van der Waals surface area contributed by atoms with E-state index in [1.54, 1.807) is 14.0 Å². The third kappa shape index (κ3) is 7.69. The van der Waals surface area contributed by atoms with Gasteiger partial charge in [-0.1, -0.05) is 51.8 Å². The lowest BCUT2D eigenvalue weighted by atomic mass is 9.91. The van der Waals surface area contributed by atoms with Crippen LogP contribution in [0.5, 0.6) is 23.0 Å². The Bertz CT molecular complexity index is 1290. The highest BCUT2D eigenvalue weighted by Crippen LogP contribution is 2.50. The van der Waals surface area contributed by atoms with Crippen molar-refractivity contribution >= 4 is 11.7 Å². The van der Waals surface area contributed by atoms with E-state index in [1.807, 2.05) is 18.2 Å². The number of rotatable bonds is 16. The molecule has 4 rings (SSSR count). The third-order valence-electron chi connectivity index (χ3n) is 7.60. The molecule has 1 heterocycles. The molecule has 2 atom stereocenters. The lowest BCUT2D eigenvalue weighted by Crippen LogP contribution is -2.26. The Balaban J connectivity index is 1.61. The summed E-state index contributed by atoms with van der Waals surface area (Å²) in [6.45, 7) is 10.7. The van der Waals surface area contributed by atoms with Crippen LogP contribution in [0.1, 0.15) is 82.0 Å². The molecule has 2 unspecified atom stereocenters. The molecule has 3 aromatic rings. The normalized spacial score (nSPS) is 15.7. The number of hydrogen-bond acceptors (Lipinski definition) is 7. The zero-order valence-corrected chi connectivity index (χ0v) is 25.7. The smallest absolute Gasteiger partial charge is 0.344 e. The van der Waals surface area contributed by atoms with Crippen molar-refractivity contribution in [3.8, 4) is 23.0 Å². The monoisotopic (exact) mass is 575 g/mol. The maximum absolute atomic E-state index is 11.8. The predicted octanol–water partition coefficient (Wildman–Crippen LogP) is 7.86. The number of methoxy groups -OCH3 is 1. The van der Waals surface area contributed by atoms with Gasteiger partial charge in [0.05, 0.1) is 33.0 Å². The largest absolute Gasteiger partial charge is 0.494 e. The van der Waals surface area contributed by atoms with Crippen LogP contribution in [0.25, 0.3) is 0 Å². The van der Waals surface area contributed by atoms with Gasteiger partial charge in [-0.2, -0.15) is 0 Å². The zero-order chi connectivity index (χ0) is 29.9. The molecule has 1 aliphatic heterocycles. The lowest BCUT2D eigenvalue weighted by Gasteiger charge is -2.30. The molecule has 0 saturated heterocycles. The number of esters is 1. The van der Waals surface area contributed by atoms with E-state index in [9.17, 15) is 4.79 Å². The van der Waals surface area contributed by atoms with E-state index in [0.717, 1.165) is 56.0 Å². The van der Waals surface area contributed by atoms with Gasteiger partial charge in [-0.25, -0.2) is 4.79 Å².